The highest BCUT2D eigenvalue weighted by Crippen LogP contribution is 2.27. The van der Waals surface area contributed by atoms with Gasteiger partial charge < -0.3 is 15.5 Å². The van der Waals surface area contributed by atoms with Gasteiger partial charge in [-0.2, -0.15) is 5.10 Å². The van der Waals surface area contributed by atoms with Crippen molar-refractivity contribution in [2.45, 2.75) is 25.9 Å². The van der Waals surface area contributed by atoms with Gasteiger partial charge in [0.15, 0.2) is 11.6 Å². The Balaban J connectivity index is 1.50. The highest BCUT2D eigenvalue weighted by molar-refractivity contribution is 6.12. The van der Waals surface area contributed by atoms with E-state index in [0.717, 1.165) is 13.1 Å². The van der Waals surface area contributed by atoms with Crippen LogP contribution in [0, 0.1) is 5.82 Å². The first kappa shape index (κ1) is 20.3. The molecule has 0 aliphatic carbocycles. The summed E-state index contributed by atoms with van der Waals surface area (Å²) in [6, 6.07) is 3.54. The molecule has 0 bridgehead atoms. The van der Waals surface area contributed by atoms with Crippen LogP contribution in [0.25, 0.3) is 21.9 Å². The van der Waals surface area contributed by atoms with Gasteiger partial charge in [-0.1, -0.05) is 0 Å². The van der Waals surface area contributed by atoms with E-state index in [1.54, 1.807) is 31.7 Å². The van der Waals surface area contributed by atoms with E-state index in [1.165, 1.54) is 16.9 Å². The van der Waals surface area contributed by atoms with E-state index in [-0.39, 0.29) is 11.1 Å². The van der Waals surface area contributed by atoms with Crippen molar-refractivity contribution in [3.8, 4) is 0 Å². The van der Waals surface area contributed by atoms with Crippen molar-refractivity contribution in [3.63, 3.8) is 0 Å². The van der Waals surface area contributed by atoms with Gasteiger partial charge in [0.2, 0.25) is 0 Å². The lowest BCUT2D eigenvalue weighted by atomic mass is 10.1. The number of aromatic nitrogens is 5. The Morgan fingerprint density at radius 2 is 1.81 bits per heavy atom. The Kier molecular flexibility index (Phi) is 4.93. The second-order valence-electron chi connectivity index (χ2n) is 8.28. The molecule has 1 aliphatic heterocycles. The van der Waals surface area contributed by atoms with Crippen LogP contribution in [-0.2, 0) is 7.05 Å². The van der Waals surface area contributed by atoms with Crippen molar-refractivity contribution < 1.29 is 9.18 Å². The SMILES string of the molecule is C[C@@H]1CN(c2ncc(C(=O)Nc3cc(F)c4nn(C)cc4c3)c3nccnc23)C[C@H](C)N1. The van der Waals surface area contributed by atoms with E-state index >= 15 is 0 Å². The summed E-state index contributed by atoms with van der Waals surface area (Å²) >= 11 is 0. The summed E-state index contributed by atoms with van der Waals surface area (Å²) in [6.07, 6.45) is 6.35. The minimum Gasteiger partial charge on any atom is -0.352 e. The van der Waals surface area contributed by atoms with Crippen molar-refractivity contribution in [1.82, 2.24) is 30.0 Å². The molecule has 2 atom stereocenters. The molecule has 0 radical (unpaired) electrons. The van der Waals surface area contributed by atoms with Gasteiger partial charge in [0.05, 0.1) is 5.56 Å². The summed E-state index contributed by atoms with van der Waals surface area (Å²) in [7, 11) is 1.72. The zero-order chi connectivity index (χ0) is 22.4. The number of benzene rings is 1. The highest BCUT2D eigenvalue weighted by atomic mass is 19.1. The van der Waals surface area contributed by atoms with Crippen LogP contribution in [-0.4, -0.2) is 55.8 Å². The van der Waals surface area contributed by atoms with Crippen molar-refractivity contribution in [2.24, 2.45) is 7.05 Å². The largest absolute Gasteiger partial charge is 0.352 e. The third-order valence-corrected chi connectivity index (χ3v) is 5.52. The number of nitrogens with zero attached hydrogens (tertiary/aromatic N) is 6. The average molecular weight is 434 g/mol. The van der Waals surface area contributed by atoms with Gasteiger partial charge in [-0.15, -0.1) is 0 Å². The predicted octanol–water partition coefficient (Wildman–Crippen LogP) is 2.49. The Bertz CT molecular complexity index is 1330. The number of pyridine rings is 1. The third kappa shape index (κ3) is 3.62. The Hall–Kier alpha value is -3.66. The van der Waals surface area contributed by atoms with Crippen LogP contribution in [0.15, 0.2) is 36.9 Å². The number of hydrogen-bond donors (Lipinski definition) is 2. The van der Waals surface area contributed by atoms with Crippen LogP contribution in [0.3, 0.4) is 0 Å². The van der Waals surface area contributed by atoms with Crippen LogP contribution in [0.2, 0.25) is 0 Å². The molecule has 1 saturated heterocycles. The first-order valence-electron chi connectivity index (χ1n) is 10.4. The Morgan fingerprint density at radius 1 is 1.09 bits per heavy atom. The number of carbonyl (C=O) groups excluding carboxylic acids is 1. The minimum absolute atomic E-state index is 0.257. The van der Waals surface area contributed by atoms with Gasteiger partial charge in [-0.05, 0) is 26.0 Å². The van der Waals surface area contributed by atoms with Crippen molar-refractivity contribution >= 4 is 39.3 Å². The van der Waals surface area contributed by atoms with Crippen LogP contribution < -0.4 is 15.5 Å². The average Bonchev–Trinajstić information content (AvgIpc) is 3.13. The molecule has 9 nitrogen and oxygen atoms in total. The molecule has 2 N–H and O–H groups in total. The summed E-state index contributed by atoms with van der Waals surface area (Å²) in [5.74, 6) is -0.231. The molecule has 10 heteroatoms. The van der Waals surface area contributed by atoms with Crippen LogP contribution in [0.4, 0.5) is 15.9 Å². The fourth-order valence-corrected chi connectivity index (χ4v) is 4.33. The van der Waals surface area contributed by atoms with Crippen molar-refractivity contribution in [3.05, 3.63) is 48.3 Å². The van der Waals surface area contributed by atoms with Crippen LogP contribution >= 0.6 is 0 Å². The fraction of sp³-hybridized carbons (Fsp3) is 0.318. The molecule has 1 aromatic carbocycles. The van der Waals surface area contributed by atoms with Crippen LogP contribution in [0.1, 0.15) is 24.2 Å². The summed E-state index contributed by atoms with van der Waals surface area (Å²) < 4.78 is 15.9. The smallest absolute Gasteiger partial charge is 0.259 e. The topological polar surface area (TPSA) is 101 Å². The maximum atomic E-state index is 14.4. The first-order chi connectivity index (χ1) is 15.4. The summed E-state index contributed by atoms with van der Waals surface area (Å²) in [4.78, 5) is 28.7. The normalized spacial score (nSPS) is 18.9. The molecule has 3 aromatic heterocycles. The lowest BCUT2D eigenvalue weighted by molar-refractivity contribution is 0.102. The summed E-state index contributed by atoms with van der Waals surface area (Å²) in [6.45, 7) is 5.80. The quantitative estimate of drug-likeness (QED) is 0.511. The van der Waals surface area contributed by atoms with E-state index in [9.17, 15) is 9.18 Å². The number of piperazine rings is 1. The maximum absolute atomic E-state index is 14.4. The number of carbonyl (C=O) groups is 1. The fourth-order valence-electron chi connectivity index (χ4n) is 4.33. The molecule has 164 valence electrons. The van der Waals surface area contributed by atoms with Gasteiger partial charge in [-0.25, -0.2) is 14.4 Å². The first-order valence-corrected chi connectivity index (χ1v) is 10.4. The monoisotopic (exact) mass is 434 g/mol. The molecular weight excluding hydrogens is 411 g/mol. The molecule has 1 aliphatic rings. The number of nitrogens with one attached hydrogen (secondary N) is 2. The van der Waals surface area contributed by atoms with E-state index < -0.39 is 11.7 Å². The van der Waals surface area contributed by atoms with Gasteiger partial charge in [0.1, 0.15) is 16.6 Å². The second kappa shape index (κ2) is 7.79. The molecule has 0 spiro atoms. The van der Waals surface area contributed by atoms with E-state index in [1.807, 2.05) is 0 Å². The van der Waals surface area contributed by atoms with Gasteiger partial charge >= 0.3 is 0 Å². The molecule has 1 fully saturated rings. The van der Waals surface area contributed by atoms with Gasteiger partial charge in [-0.3, -0.25) is 14.5 Å². The molecule has 0 saturated carbocycles. The maximum Gasteiger partial charge on any atom is 0.259 e. The molecular formula is C22H23FN8O. The van der Waals surface area contributed by atoms with Gasteiger partial charge in [0.25, 0.3) is 5.91 Å². The molecule has 32 heavy (non-hydrogen) atoms. The second-order valence-corrected chi connectivity index (χ2v) is 8.28. The minimum atomic E-state index is -0.501. The van der Waals surface area contributed by atoms with Gasteiger partial charge in [0, 0.05) is 68.1 Å². The van der Waals surface area contributed by atoms with E-state index in [4.69, 9.17) is 0 Å². The lowest BCUT2D eigenvalue weighted by Gasteiger charge is -2.37. The zero-order valence-electron chi connectivity index (χ0n) is 18.0. The van der Waals surface area contributed by atoms with E-state index in [2.05, 4.69) is 49.4 Å². The number of anilines is 2. The number of amides is 1. The Morgan fingerprint density at radius 3 is 2.56 bits per heavy atom. The molecule has 1 amide bonds. The number of rotatable bonds is 3. The highest BCUT2D eigenvalue weighted by Gasteiger charge is 2.25. The molecule has 0 unspecified atom stereocenters. The lowest BCUT2D eigenvalue weighted by Crippen LogP contribution is -2.54. The number of hydrogen-bond acceptors (Lipinski definition) is 7. The summed E-state index contributed by atoms with van der Waals surface area (Å²) in [5.41, 5.74) is 1.89. The zero-order valence-corrected chi connectivity index (χ0v) is 18.0. The molecule has 5 rings (SSSR count). The summed E-state index contributed by atoms with van der Waals surface area (Å²) in [5, 5.41) is 10.9. The number of fused-ring (bicyclic) bond motifs is 2. The van der Waals surface area contributed by atoms with Crippen LogP contribution in [0.5, 0.6) is 0 Å². The van der Waals surface area contributed by atoms with Crippen molar-refractivity contribution in [2.75, 3.05) is 23.3 Å². The van der Waals surface area contributed by atoms with Crippen molar-refractivity contribution in [1.29, 1.82) is 0 Å². The van der Waals surface area contributed by atoms with E-state index in [0.29, 0.717) is 40.0 Å². The molecule has 4 aromatic rings. The third-order valence-electron chi connectivity index (χ3n) is 5.52. The molecule has 4 heterocycles. The Labute approximate surface area is 183 Å². The number of aryl methyl sites for hydroxylation is 1. The predicted molar refractivity (Wildman–Crippen MR) is 120 cm³/mol. The number of halogens is 1. The standard InChI is InChI=1S/C22H23FN8O/c1-12-9-31(10-13(2)27-12)21-20-19(24-4-5-25-20)16(8-26-21)22(32)28-15-6-14-11-30(3)29-18(14)17(23)7-15/h4-8,11-13,27H,9-10H2,1-3H3,(H,28,32)/t12-,13+.